The number of nitrogens with two attached hydrogens (primary N) is 1. The number of hydrogen-bond donors (Lipinski definition) is 2. The average molecular weight is 193 g/mol. The van der Waals surface area contributed by atoms with Gasteiger partial charge in [-0.2, -0.15) is 13.2 Å². The zero-order valence-corrected chi connectivity index (χ0v) is 6.93. The van der Waals surface area contributed by atoms with Crippen LogP contribution >= 0.6 is 12.4 Å². The predicted molar refractivity (Wildman–Crippen MR) is 39.3 cm³/mol. The summed E-state index contributed by atoms with van der Waals surface area (Å²) in [6.45, 7) is 1.69. The molecule has 0 aromatic rings. The van der Waals surface area contributed by atoms with Crippen molar-refractivity contribution in [1.82, 2.24) is 5.43 Å². The van der Waals surface area contributed by atoms with E-state index in [4.69, 9.17) is 5.84 Å². The Balaban J connectivity index is 0. The fourth-order valence-corrected chi connectivity index (χ4v) is 0.668. The van der Waals surface area contributed by atoms with Crippen LogP contribution in [-0.2, 0) is 0 Å². The van der Waals surface area contributed by atoms with E-state index in [1.807, 2.05) is 0 Å². The molecule has 70 valence electrons. The van der Waals surface area contributed by atoms with E-state index in [0.717, 1.165) is 0 Å². The van der Waals surface area contributed by atoms with Crippen LogP contribution in [0.5, 0.6) is 0 Å². The Morgan fingerprint density at radius 3 is 2.18 bits per heavy atom. The van der Waals surface area contributed by atoms with Crippen molar-refractivity contribution in [2.24, 2.45) is 11.8 Å². The molecule has 1 unspecified atom stereocenters. The number of hydrogen-bond acceptors (Lipinski definition) is 2. The molecule has 0 aromatic heterocycles. The Morgan fingerprint density at radius 2 is 1.91 bits per heavy atom. The normalized spacial score (nSPS) is 13.9. The average Bonchev–Trinajstić information content (AvgIpc) is 1.59. The third-order valence-corrected chi connectivity index (χ3v) is 1.05. The molecule has 0 spiro atoms. The quantitative estimate of drug-likeness (QED) is 0.525. The van der Waals surface area contributed by atoms with Crippen LogP contribution in [0.3, 0.4) is 0 Å². The zero-order chi connectivity index (χ0) is 8.20. The van der Waals surface area contributed by atoms with Gasteiger partial charge in [-0.1, -0.05) is 6.92 Å². The summed E-state index contributed by atoms with van der Waals surface area (Å²) in [5.74, 6) is 4.38. The lowest BCUT2D eigenvalue weighted by atomic mass is 10.1. The highest BCUT2D eigenvalue weighted by molar-refractivity contribution is 5.85. The van der Waals surface area contributed by atoms with E-state index in [0.29, 0.717) is 0 Å². The molecule has 11 heavy (non-hydrogen) atoms. The molecule has 0 rings (SSSR count). The summed E-state index contributed by atoms with van der Waals surface area (Å²) in [5.41, 5.74) is 2.19. The number of nitrogens with one attached hydrogen (secondary N) is 1. The van der Waals surface area contributed by atoms with Gasteiger partial charge < -0.3 is 0 Å². The molecule has 2 nitrogen and oxygen atoms in total. The van der Waals surface area contributed by atoms with Crippen LogP contribution in [0.2, 0.25) is 0 Å². The second kappa shape index (κ2) is 5.62. The summed E-state index contributed by atoms with van der Waals surface area (Å²) in [5, 5.41) is 0. The highest BCUT2D eigenvalue weighted by atomic mass is 35.5. The summed E-state index contributed by atoms with van der Waals surface area (Å²) >= 11 is 0. The SMILES string of the molecule is CC(CNN)CC(F)(F)F.Cl. The fraction of sp³-hybridized carbons (Fsp3) is 1.00. The number of hydrazine groups is 1. The lowest BCUT2D eigenvalue weighted by molar-refractivity contribution is -0.142. The monoisotopic (exact) mass is 192 g/mol. The molecule has 0 aliphatic rings. The Labute approximate surface area is 69.7 Å². The third kappa shape index (κ3) is 10.0. The highest BCUT2D eigenvalue weighted by Crippen LogP contribution is 2.23. The van der Waals surface area contributed by atoms with Crippen LogP contribution < -0.4 is 11.3 Å². The second-order valence-corrected chi connectivity index (χ2v) is 2.33. The molecule has 0 aromatic carbocycles. The maximum Gasteiger partial charge on any atom is 0.389 e. The summed E-state index contributed by atoms with van der Waals surface area (Å²) < 4.78 is 34.7. The van der Waals surface area contributed by atoms with Gasteiger partial charge in [-0.15, -0.1) is 12.4 Å². The topological polar surface area (TPSA) is 38.0 Å². The first-order chi connectivity index (χ1) is 4.45. The minimum absolute atomic E-state index is 0. The van der Waals surface area contributed by atoms with Gasteiger partial charge >= 0.3 is 6.18 Å². The van der Waals surface area contributed by atoms with Gasteiger partial charge in [0.15, 0.2) is 0 Å². The molecule has 0 amide bonds. The molecule has 0 saturated carbocycles. The van der Waals surface area contributed by atoms with E-state index in [9.17, 15) is 13.2 Å². The molecule has 0 saturated heterocycles. The molecule has 0 radical (unpaired) electrons. The smallest absolute Gasteiger partial charge is 0.271 e. The number of alkyl halides is 3. The van der Waals surface area contributed by atoms with E-state index in [-0.39, 0.29) is 19.0 Å². The summed E-state index contributed by atoms with van der Waals surface area (Å²) in [4.78, 5) is 0. The number of halogens is 4. The van der Waals surface area contributed by atoms with Gasteiger partial charge in [0.2, 0.25) is 0 Å². The van der Waals surface area contributed by atoms with Crippen molar-refractivity contribution in [2.75, 3.05) is 6.54 Å². The zero-order valence-electron chi connectivity index (χ0n) is 6.11. The van der Waals surface area contributed by atoms with Gasteiger partial charge in [-0.25, -0.2) is 0 Å². The van der Waals surface area contributed by atoms with Crippen molar-refractivity contribution in [1.29, 1.82) is 0 Å². The summed E-state index contributed by atoms with van der Waals surface area (Å²) in [7, 11) is 0. The van der Waals surface area contributed by atoms with E-state index in [2.05, 4.69) is 5.43 Å². The van der Waals surface area contributed by atoms with Crippen molar-refractivity contribution in [3.63, 3.8) is 0 Å². The van der Waals surface area contributed by atoms with E-state index in [1.54, 1.807) is 0 Å². The highest BCUT2D eigenvalue weighted by Gasteiger charge is 2.29. The Bertz CT molecular complexity index is 96.2. The van der Waals surface area contributed by atoms with Gasteiger partial charge in [-0.05, 0) is 5.92 Å². The first kappa shape index (κ1) is 13.6. The number of rotatable bonds is 3. The first-order valence-corrected chi connectivity index (χ1v) is 2.96. The molecular weight excluding hydrogens is 181 g/mol. The lowest BCUT2D eigenvalue weighted by Gasteiger charge is -2.12. The molecule has 3 N–H and O–H groups in total. The van der Waals surface area contributed by atoms with Crippen molar-refractivity contribution >= 4 is 12.4 Å². The van der Waals surface area contributed by atoms with E-state index < -0.39 is 18.5 Å². The molecule has 0 aliphatic carbocycles. The van der Waals surface area contributed by atoms with E-state index >= 15 is 0 Å². The third-order valence-electron chi connectivity index (χ3n) is 1.05. The standard InChI is InChI=1S/C5H11F3N2.ClH/c1-4(3-10-9)2-5(6,7)8;/h4,10H,2-3,9H2,1H3;1H. The first-order valence-electron chi connectivity index (χ1n) is 2.96. The van der Waals surface area contributed by atoms with Gasteiger partial charge in [0, 0.05) is 13.0 Å². The maximum absolute atomic E-state index is 11.6. The fourth-order valence-electron chi connectivity index (χ4n) is 0.668. The maximum atomic E-state index is 11.6. The van der Waals surface area contributed by atoms with Crippen molar-refractivity contribution < 1.29 is 13.2 Å². The van der Waals surface area contributed by atoms with Gasteiger partial charge in [0.05, 0.1) is 0 Å². The van der Waals surface area contributed by atoms with Crippen molar-refractivity contribution in [3.8, 4) is 0 Å². The van der Waals surface area contributed by atoms with Crippen LogP contribution in [0, 0.1) is 5.92 Å². The van der Waals surface area contributed by atoms with Crippen LogP contribution in [0.25, 0.3) is 0 Å². The molecule has 0 bridgehead atoms. The second-order valence-electron chi connectivity index (χ2n) is 2.33. The summed E-state index contributed by atoms with van der Waals surface area (Å²) in [6, 6.07) is 0. The molecular formula is C5H12ClF3N2. The largest absolute Gasteiger partial charge is 0.389 e. The minimum atomic E-state index is -4.07. The van der Waals surface area contributed by atoms with Crippen molar-refractivity contribution in [2.45, 2.75) is 19.5 Å². The lowest BCUT2D eigenvalue weighted by Crippen LogP contribution is -2.29. The summed E-state index contributed by atoms with van der Waals surface area (Å²) in [6.07, 6.45) is -4.85. The Hall–Kier alpha value is -0.0000000000000000555. The van der Waals surface area contributed by atoms with E-state index in [1.165, 1.54) is 6.92 Å². The van der Waals surface area contributed by atoms with Gasteiger partial charge in [-0.3, -0.25) is 11.3 Å². The molecule has 6 heteroatoms. The van der Waals surface area contributed by atoms with Crippen LogP contribution in [0.1, 0.15) is 13.3 Å². The Kier molecular flexibility index (Phi) is 6.94. The Morgan fingerprint density at radius 1 is 1.45 bits per heavy atom. The van der Waals surface area contributed by atoms with Crippen molar-refractivity contribution in [3.05, 3.63) is 0 Å². The predicted octanol–water partition coefficient (Wildman–Crippen LogP) is 1.46. The molecule has 0 heterocycles. The van der Waals surface area contributed by atoms with Crippen LogP contribution in [0.15, 0.2) is 0 Å². The molecule has 1 atom stereocenters. The molecule has 0 fully saturated rings. The van der Waals surface area contributed by atoms with Crippen LogP contribution in [-0.4, -0.2) is 12.7 Å². The molecule has 0 aliphatic heterocycles. The van der Waals surface area contributed by atoms with Crippen LogP contribution in [0.4, 0.5) is 13.2 Å². The van der Waals surface area contributed by atoms with Gasteiger partial charge in [0.25, 0.3) is 0 Å². The minimum Gasteiger partial charge on any atom is -0.271 e. The van der Waals surface area contributed by atoms with Gasteiger partial charge in [0.1, 0.15) is 0 Å².